The van der Waals surface area contributed by atoms with Crippen LogP contribution in [0.4, 0.5) is 5.82 Å². The normalized spacial score (nSPS) is 13.2. The minimum Gasteiger partial charge on any atom is -0.383 e. The third kappa shape index (κ3) is 3.71. The Labute approximate surface area is 121 Å². The van der Waals surface area contributed by atoms with E-state index in [0.717, 1.165) is 0 Å². The Morgan fingerprint density at radius 1 is 1.35 bits per heavy atom. The number of nitrogens with zero attached hydrogens (tertiary/aromatic N) is 3. The Morgan fingerprint density at radius 3 is 2.30 bits per heavy atom. The first-order valence-electron chi connectivity index (χ1n) is 6.47. The second kappa shape index (κ2) is 5.71. The summed E-state index contributed by atoms with van der Waals surface area (Å²) >= 11 is 0. The molecule has 0 aliphatic rings. The van der Waals surface area contributed by atoms with Crippen LogP contribution in [0.5, 0.6) is 0 Å². The van der Waals surface area contributed by atoms with E-state index >= 15 is 0 Å². The Bertz CT molecular complexity index is 569. The van der Waals surface area contributed by atoms with Crippen LogP contribution in [0.25, 0.3) is 0 Å². The van der Waals surface area contributed by atoms with Crippen molar-refractivity contribution in [2.45, 2.75) is 38.1 Å². The largest absolute Gasteiger partial charge is 0.383 e. The first kappa shape index (κ1) is 16.9. The maximum absolute atomic E-state index is 12.3. The van der Waals surface area contributed by atoms with Crippen molar-refractivity contribution in [2.24, 2.45) is 0 Å². The number of rotatable bonds is 5. The van der Waals surface area contributed by atoms with Gasteiger partial charge in [0.05, 0.1) is 11.2 Å². The van der Waals surface area contributed by atoms with E-state index in [1.807, 2.05) is 39.8 Å². The molecule has 0 bridgehead atoms. The van der Waals surface area contributed by atoms with Gasteiger partial charge in [0, 0.05) is 13.1 Å². The SMILES string of the molecule is Cc1nn(C(C)(C)C)c(N)c1S(=O)(=O)NCCN(C)C. The van der Waals surface area contributed by atoms with Crippen LogP contribution in [0.3, 0.4) is 0 Å². The van der Waals surface area contributed by atoms with Gasteiger partial charge in [0.1, 0.15) is 10.7 Å². The zero-order chi connectivity index (χ0) is 15.7. The quantitative estimate of drug-likeness (QED) is 0.819. The Kier molecular flexibility index (Phi) is 4.83. The minimum absolute atomic E-state index is 0.0752. The van der Waals surface area contributed by atoms with Crippen molar-refractivity contribution in [1.82, 2.24) is 19.4 Å². The van der Waals surface area contributed by atoms with Gasteiger partial charge in [0.2, 0.25) is 10.0 Å². The summed E-state index contributed by atoms with van der Waals surface area (Å²) in [6.45, 7) is 8.36. The molecule has 0 amide bonds. The van der Waals surface area contributed by atoms with Gasteiger partial charge >= 0.3 is 0 Å². The van der Waals surface area contributed by atoms with Gasteiger partial charge in [-0.1, -0.05) is 0 Å². The molecule has 3 N–H and O–H groups in total. The molecule has 0 aliphatic carbocycles. The smallest absolute Gasteiger partial charge is 0.246 e. The predicted molar refractivity (Wildman–Crippen MR) is 80.1 cm³/mol. The highest BCUT2D eigenvalue weighted by atomic mass is 32.2. The van der Waals surface area contributed by atoms with Gasteiger partial charge in [-0.2, -0.15) is 5.10 Å². The van der Waals surface area contributed by atoms with Crippen molar-refractivity contribution in [2.75, 3.05) is 32.9 Å². The summed E-state index contributed by atoms with van der Waals surface area (Å²) in [6, 6.07) is 0. The van der Waals surface area contributed by atoms with Crippen LogP contribution in [0, 0.1) is 6.92 Å². The van der Waals surface area contributed by atoms with E-state index in [1.54, 1.807) is 11.6 Å². The van der Waals surface area contributed by atoms with E-state index in [4.69, 9.17) is 5.73 Å². The summed E-state index contributed by atoms with van der Waals surface area (Å²) in [4.78, 5) is 1.98. The number of nitrogens with two attached hydrogens (primary N) is 1. The molecule has 0 fully saturated rings. The van der Waals surface area contributed by atoms with Crippen LogP contribution >= 0.6 is 0 Å². The van der Waals surface area contributed by atoms with Gasteiger partial charge in [-0.15, -0.1) is 0 Å². The molecule has 0 aromatic carbocycles. The Hall–Kier alpha value is -1.12. The van der Waals surface area contributed by atoms with Gasteiger partial charge < -0.3 is 10.6 Å². The number of hydrogen-bond donors (Lipinski definition) is 2. The average Bonchev–Trinajstić information content (AvgIpc) is 2.53. The second-order valence-electron chi connectivity index (χ2n) is 6.08. The van der Waals surface area contributed by atoms with Crippen molar-refractivity contribution < 1.29 is 8.42 Å². The van der Waals surface area contributed by atoms with Crippen LogP contribution in [-0.2, 0) is 15.6 Å². The van der Waals surface area contributed by atoms with E-state index in [-0.39, 0.29) is 16.3 Å². The third-order valence-corrected chi connectivity index (χ3v) is 4.42. The monoisotopic (exact) mass is 303 g/mol. The molecule has 116 valence electrons. The maximum Gasteiger partial charge on any atom is 0.246 e. The van der Waals surface area contributed by atoms with Crippen molar-refractivity contribution in [1.29, 1.82) is 0 Å². The lowest BCUT2D eigenvalue weighted by atomic mass is 10.1. The van der Waals surface area contributed by atoms with Gasteiger partial charge in [0.15, 0.2) is 0 Å². The molecule has 0 atom stereocenters. The van der Waals surface area contributed by atoms with E-state index in [2.05, 4.69) is 9.82 Å². The highest BCUT2D eigenvalue weighted by Crippen LogP contribution is 2.27. The van der Waals surface area contributed by atoms with Crippen LogP contribution in [0.2, 0.25) is 0 Å². The number of anilines is 1. The fraction of sp³-hybridized carbons (Fsp3) is 0.750. The highest BCUT2D eigenvalue weighted by molar-refractivity contribution is 7.89. The van der Waals surface area contributed by atoms with Crippen molar-refractivity contribution >= 4 is 15.8 Å². The zero-order valence-electron chi connectivity index (χ0n) is 13.1. The van der Waals surface area contributed by atoms with Gasteiger partial charge in [-0.3, -0.25) is 0 Å². The van der Waals surface area contributed by atoms with Gasteiger partial charge in [0.25, 0.3) is 0 Å². The fourth-order valence-corrected chi connectivity index (χ4v) is 3.15. The van der Waals surface area contributed by atoms with E-state index in [9.17, 15) is 8.42 Å². The lowest BCUT2D eigenvalue weighted by Gasteiger charge is -2.20. The maximum atomic E-state index is 12.3. The van der Waals surface area contributed by atoms with Crippen LogP contribution in [0.15, 0.2) is 4.90 Å². The molecule has 0 radical (unpaired) electrons. The summed E-state index contributed by atoms with van der Waals surface area (Å²) in [5.41, 5.74) is 6.02. The molecule has 0 unspecified atom stereocenters. The van der Waals surface area contributed by atoms with E-state index in [0.29, 0.717) is 18.8 Å². The van der Waals surface area contributed by atoms with Crippen LogP contribution in [-0.4, -0.2) is 50.3 Å². The van der Waals surface area contributed by atoms with Gasteiger partial charge in [-0.25, -0.2) is 17.8 Å². The molecule has 1 heterocycles. The summed E-state index contributed by atoms with van der Waals surface area (Å²) in [5, 5.41) is 4.25. The molecule has 1 aromatic rings. The minimum atomic E-state index is -3.64. The molecule has 0 aliphatic heterocycles. The second-order valence-corrected chi connectivity index (χ2v) is 7.79. The lowest BCUT2D eigenvalue weighted by Crippen LogP contribution is -2.32. The van der Waals surface area contributed by atoms with Crippen LogP contribution in [0.1, 0.15) is 26.5 Å². The Morgan fingerprint density at radius 2 is 1.90 bits per heavy atom. The lowest BCUT2D eigenvalue weighted by molar-refractivity contribution is 0.360. The summed E-state index contributed by atoms with van der Waals surface area (Å²) in [6.07, 6.45) is 0. The number of aromatic nitrogens is 2. The standard InChI is InChI=1S/C12H25N5O2S/c1-9-10(11(13)17(15-9)12(2,3)4)20(18,19)14-7-8-16(5)6/h14H,7-8,13H2,1-6H3. The van der Waals surface area contributed by atoms with Crippen molar-refractivity contribution in [3.63, 3.8) is 0 Å². The molecule has 0 spiro atoms. The average molecular weight is 303 g/mol. The first-order valence-corrected chi connectivity index (χ1v) is 7.95. The Balaban J connectivity index is 3.11. The summed E-state index contributed by atoms with van der Waals surface area (Å²) in [5.74, 6) is 0.173. The van der Waals surface area contributed by atoms with E-state index in [1.165, 1.54) is 0 Å². The number of sulfonamides is 1. The number of likely N-dealkylation sites (N-methyl/N-ethyl adjacent to an activating group) is 1. The number of nitrogens with one attached hydrogen (secondary N) is 1. The molecule has 1 aromatic heterocycles. The topological polar surface area (TPSA) is 93.2 Å². The predicted octanol–water partition coefficient (Wildman–Crippen LogP) is 0.369. The number of nitrogen functional groups attached to an aromatic ring is 1. The molecule has 1 rings (SSSR count). The van der Waals surface area contributed by atoms with Crippen LogP contribution < -0.4 is 10.5 Å². The molecule has 8 heteroatoms. The van der Waals surface area contributed by atoms with Gasteiger partial charge in [-0.05, 0) is 41.8 Å². The molecular formula is C12H25N5O2S. The number of aryl methyl sites for hydroxylation is 1. The molecular weight excluding hydrogens is 278 g/mol. The van der Waals surface area contributed by atoms with E-state index < -0.39 is 10.0 Å². The van der Waals surface area contributed by atoms with Crippen molar-refractivity contribution in [3.8, 4) is 0 Å². The zero-order valence-corrected chi connectivity index (χ0v) is 13.9. The highest BCUT2D eigenvalue weighted by Gasteiger charge is 2.28. The molecule has 0 saturated heterocycles. The fourth-order valence-electron chi connectivity index (χ4n) is 1.85. The summed E-state index contributed by atoms with van der Waals surface area (Å²) < 4.78 is 28.8. The molecule has 7 nitrogen and oxygen atoms in total. The number of hydrogen-bond acceptors (Lipinski definition) is 5. The molecule has 20 heavy (non-hydrogen) atoms. The van der Waals surface area contributed by atoms with Crippen molar-refractivity contribution in [3.05, 3.63) is 5.69 Å². The molecule has 0 saturated carbocycles. The first-order chi connectivity index (χ1) is 8.97. The summed E-state index contributed by atoms with van der Waals surface area (Å²) in [7, 11) is 0.119. The third-order valence-electron chi connectivity index (χ3n) is 2.79.